The van der Waals surface area contributed by atoms with Crippen molar-refractivity contribution in [1.82, 2.24) is 15.4 Å². The van der Waals surface area contributed by atoms with Crippen molar-refractivity contribution in [2.45, 2.75) is 39.5 Å². The van der Waals surface area contributed by atoms with E-state index < -0.39 is 5.41 Å². The number of carbonyl (C=O) groups is 1. The van der Waals surface area contributed by atoms with Gasteiger partial charge >= 0.3 is 0 Å². The number of halogens is 1. The van der Waals surface area contributed by atoms with E-state index in [1.54, 1.807) is 18.3 Å². The molecule has 1 heterocycles. The van der Waals surface area contributed by atoms with Crippen LogP contribution < -0.4 is 5.43 Å². The van der Waals surface area contributed by atoms with Gasteiger partial charge in [-0.3, -0.25) is 4.79 Å². The van der Waals surface area contributed by atoms with Gasteiger partial charge in [0.05, 0.1) is 22.7 Å². The van der Waals surface area contributed by atoms with Crippen LogP contribution in [0.15, 0.2) is 53.6 Å². The van der Waals surface area contributed by atoms with Gasteiger partial charge in [-0.25, -0.2) is 10.4 Å². The molecular weight excluding hydrogens is 384 g/mol. The lowest BCUT2D eigenvalue weighted by Gasteiger charge is -2.39. The van der Waals surface area contributed by atoms with E-state index in [4.69, 9.17) is 16.6 Å². The summed E-state index contributed by atoms with van der Waals surface area (Å²) in [6, 6.07) is 15.3. The van der Waals surface area contributed by atoms with Gasteiger partial charge in [-0.05, 0) is 48.1 Å². The third-order valence-corrected chi connectivity index (χ3v) is 6.97. The summed E-state index contributed by atoms with van der Waals surface area (Å²) in [4.78, 5) is 21.4. The van der Waals surface area contributed by atoms with E-state index in [9.17, 15) is 4.79 Å². The molecular formula is C23H25ClN4O. The molecule has 0 bridgehead atoms. The summed E-state index contributed by atoms with van der Waals surface area (Å²) < 4.78 is 0. The lowest BCUT2D eigenvalue weighted by Crippen LogP contribution is -2.45. The Morgan fingerprint density at radius 1 is 1.21 bits per heavy atom. The van der Waals surface area contributed by atoms with Crippen molar-refractivity contribution in [3.8, 4) is 0 Å². The van der Waals surface area contributed by atoms with Crippen LogP contribution in [-0.2, 0) is 4.79 Å². The lowest BCUT2D eigenvalue weighted by atomic mass is 9.65. The number of amides is 1. The first-order chi connectivity index (χ1) is 13.8. The Morgan fingerprint density at radius 3 is 2.66 bits per heavy atom. The van der Waals surface area contributed by atoms with Crippen molar-refractivity contribution < 1.29 is 4.79 Å². The lowest BCUT2D eigenvalue weighted by molar-refractivity contribution is -0.135. The van der Waals surface area contributed by atoms with E-state index in [-0.39, 0.29) is 17.2 Å². The van der Waals surface area contributed by atoms with E-state index in [2.05, 4.69) is 29.4 Å². The standard InChI is InChI=1S/C23H25ClN4O/c1-22(2)17(20-26-18-6-4-5-7-19(18)27-20)12-13-23(22,3)21(29)28-25-14-15-8-10-16(24)11-9-15/h4-11,14,17H,12-13H2,1-3H3,(H,26,27)(H,28,29). The quantitative estimate of drug-likeness (QED) is 0.455. The highest BCUT2D eigenvalue weighted by Crippen LogP contribution is 2.59. The van der Waals surface area contributed by atoms with Gasteiger partial charge in [-0.15, -0.1) is 0 Å². The van der Waals surface area contributed by atoms with Crippen LogP contribution in [0.5, 0.6) is 0 Å². The molecule has 0 spiro atoms. The van der Waals surface area contributed by atoms with Crippen LogP contribution >= 0.6 is 11.6 Å². The van der Waals surface area contributed by atoms with Crippen LogP contribution in [0.1, 0.15) is 50.9 Å². The number of nitrogens with one attached hydrogen (secondary N) is 2. The Hall–Kier alpha value is -2.66. The van der Waals surface area contributed by atoms with E-state index in [1.165, 1.54) is 0 Å². The second-order valence-electron chi connectivity index (χ2n) is 8.53. The number of nitrogens with zero attached hydrogens (tertiary/aromatic N) is 2. The number of H-pyrrole nitrogens is 1. The Bertz CT molecular complexity index is 1040. The van der Waals surface area contributed by atoms with Crippen molar-refractivity contribution in [2.24, 2.45) is 15.9 Å². The smallest absolute Gasteiger partial charge is 0.246 e. The number of fused-ring (bicyclic) bond motifs is 1. The molecule has 0 aliphatic heterocycles. The zero-order chi connectivity index (χ0) is 20.6. The number of para-hydroxylation sites is 2. The second kappa shape index (κ2) is 7.30. The average Bonchev–Trinajstić information content (AvgIpc) is 3.22. The molecule has 1 aliphatic rings. The number of imidazole rings is 1. The second-order valence-corrected chi connectivity index (χ2v) is 8.97. The minimum Gasteiger partial charge on any atom is -0.342 e. The maximum atomic E-state index is 13.1. The number of rotatable bonds is 4. The van der Waals surface area contributed by atoms with Crippen LogP contribution in [0.3, 0.4) is 0 Å². The molecule has 2 unspecified atom stereocenters. The van der Waals surface area contributed by atoms with Crippen molar-refractivity contribution in [1.29, 1.82) is 0 Å². The van der Waals surface area contributed by atoms with E-state index in [0.717, 1.165) is 35.3 Å². The van der Waals surface area contributed by atoms with Crippen molar-refractivity contribution in [3.05, 3.63) is 64.9 Å². The Kier molecular flexibility index (Phi) is 4.95. The molecule has 1 fully saturated rings. The van der Waals surface area contributed by atoms with Crippen molar-refractivity contribution in [2.75, 3.05) is 0 Å². The molecule has 2 atom stereocenters. The number of carbonyl (C=O) groups excluding carboxylic acids is 1. The van der Waals surface area contributed by atoms with Gasteiger partial charge in [-0.1, -0.05) is 56.6 Å². The Morgan fingerprint density at radius 2 is 1.93 bits per heavy atom. The number of aromatic nitrogens is 2. The predicted molar refractivity (Wildman–Crippen MR) is 117 cm³/mol. The van der Waals surface area contributed by atoms with Gasteiger partial charge in [0.1, 0.15) is 5.82 Å². The highest BCUT2D eigenvalue weighted by atomic mass is 35.5. The molecule has 2 aromatic carbocycles. The predicted octanol–water partition coefficient (Wildman–Crippen LogP) is 5.28. The maximum absolute atomic E-state index is 13.1. The van der Waals surface area contributed by atoms with E-state index in [0.29, 0.717) is 5.02 Å². The third-order valence-electron chi connectivity index (χ3n) is 6.71. The number of hydrazone groups is 1. The zero-order valence-electron chi connectivity index (χ0n) is 16.9. The zero-order valence-corrected chi connectivity index (χ0v) is 17.6. The number of benzene rings is 2. The number of hydrogen-bond donors (Lipinski definition) is 2. The van der Waals surface area contributed by atoms with E-state index >= 15 is 0 Å². The van der Waals surface area contributed by atoms with Crippen molar-refractivity contribution >= 4 is 34.8 Å². The molecule has 6 heteroatoms. The molecule has 1 aromatic heterocycles. The first-order valence-corrected chi connectivity index (χ1v) is 10.2. The molecule has 5 nitrogen and oxygen atoms in total. The average molecular weight is 409 g/mol. The minimum atomic E-state index is -0.548. The molecule has 2 N–H and O–H groups in total. The summed E-state index contributed by atoms with van der Waals surface area (Å²) in [6.07, 6.45) is 3.32. The van der Waals surface area contributed by atoms with Gasteiger partial charge in [-0.2, -0.15) is 5.10 Å². The monoisotopic (exact) mass is 408 g/mol. The van der Waals surface area contributed by atoms with Crippen LogP contribution in [0.25, 0.3) is 11.0 Å². The summed E-state index contributed by atoms with van der Waals surface area (Å²) in [7, 11) is 0. The van der Waals surface area contributed by atoms with Crippen LogP contribution in [0.4, 0.5) is 0 Å². The SMILES string of the molecule is CC1(C(=O)NN=Cc2ccc(Cl)cc2)CCC(c2nc3ccccc3[nH]2)C1(C)C. The molecule has 29 heavy (non-hydrogen) atoms. The van der Waals surface area contributed by atoms with Gasteiger partial charge in [0, 0.05) is 10.9 Å². The molecule has 1 aliphatic carbocycles. The minimum absolute atomic E-state index is 0.0636. The van der Waals surface area contributed by atoms with E-state index in [1.807, 2.05) is 43.3 Å². The van der Waals surface area contributed by atoms with Crippen LogP contribution in [0, 0.1) is 10.8 Å². The fourth-order valence-electron chi connectivity index (χ4n) is 4.36. The molecule has 0 radical (unpaired) electrons. The topological polar surface area (TPSA) is 70.1 Å². The van der Waals surface area contributed by atoms with Gasteiger partial charge in [0.15, 0.2) is 0 Å². The summed E-state index contributed by atoms with van der Waals surface area (Å²) in [5.74, 6) is 1.06. The fraction of sp³-hybridized carbons (Fsp3) is 0.348. The first kappa shape index (κ1) is 19.6. The molecule has 1 saturated carbocycles. The molecule has 150 valence electrons. The summed E-state index contributed by atoms with van der Waals surface area (Å²) >= 11 is 5.90. The highest BCUT2D eigenvalue weighted by molar-refractivity contribution is 6.30. The molecule has 3 aromatic rings. The van der Waals surface area contributed by atoms with Gasteiger partial charge < -0.3 is 4.98 Å². The molecule has 4 rings (SSSR count). The van der Waals surface area contributed by atoms with Crippen LogP contribution in [-0.4, -0.2) is 22.1 Å². The molecule has 0 saturated heterocycles. The number of aromatic amines is 1. The number of hydrogen-bond acceptors (Lipinski definition) is 3. The highest BCUT2D eigenvalue weighted by Gasteiger charge is 2.57. The maximum Gasteiger partial charge on any atom is 0.246 e. The fourth-order valence-corrected chi connectivity index (χ4v) is 4.49. The van der Waals surface area contributed by atoms with Gasteiger partial charge in [0.25, 0.3) is 0 Å². The summed E-state index contributed by atoms with van der Waals surface area (Å²) in [6.45, 7) is 6.34. The van der Waals surface area contributed by atoms with Crippen molar-refractivity contribution in [3.63, 3.8) is 0 Å². The Balaban J connectivity index is 1.52. The summed E-state index contributed by atoms with van der Waals surface area (Å²) in [5.41, 5.74) is 4.80. The normalized spacial score (nSPS) is 23.7. The van der Waals surface area contributed by atoms with Crippen LogP contribution in [0.2, 0.25) is 5.02 Å². The van der Waals surface area contributed by atoms with Gasteiger partial charge in [0.2, 0.25) is 5.91 Å². The first-order valence-electron chi connectivity index (χ1n) is 9.85. The largest absolute Gasteiger partial charge is 0.342 e. The molecule has 1 amide bonds. The Labute approximate surface area is 175 Å². The summed E-state index contributed by atoms with van der Waals surface area (Å²) in [5, 5.41) is 4.84. The third kappa shape index (κ3) is 3.44.